The molecule has 1 aromatic rings. The van der Waals surface area contributed by atoms with Gasteiger partial charge in [-0.2, -0.15) is 0 Å². The van der Waals surface area contributed by atoms with E-state index >= 15 is 0 Å². The van der Waals surface area contributed by atoms with Gasteiger partial charge < -0.3 is 10.6 Å². The molecule has 1 aliphatic rings. The number of nitrogens with one attached hydrogen (secondary N) is 2. The summed E-state index contributed by atoms with van der Waals surface area (Å²) in [4.78, 5) is 21.5. The molecule has 2 N–H and O–H groups in total. The third-order valence-electron chi connectivity index (χ3n) is 2.37. The number of carbonyl (C=O) groups excluding carboxylic acids is 1. The second-order valence-corrected chi connectivity index (χ2v) is 3.99. The molecule has 1 fully saturated rings. The Kier molecular flexibility index (Phi) is 2.94. The van der Waals surface area contributed by atoms with E-state index in [1.54, 1.807) is 7.05 Å². The Hall–Kier alpha value is -2.12. The molecule has 0 radical (unpaired) electrons. The van der Waals surface area contributed by atoms with Gasteiger partial charge in [0.2, 0.25) is 11.7 Å². The fraction of sp³-hybridized carbons (Fsp3) is 0.556. The topological polar surface area (TPSA) is 102 Å². The molecule has 1 saturated carbocycles. The number of carbonyl (C=O) groups is 1. The fourth-order valence-electron chi connectivity index (χ4n) is 1.41. The third kappa shape index (κ3) is 2.92. The van der Waals surface area contributed by atoms with Gasteiger partial charge in [-0.05, 0) is 12.8 Å². The first kappa shape index (κ1) is 11.4. The van der Waals surface area contributed by atoms with Crippen LogP contribution in [-0.2, 0) is 11.8 Å². The largest absolute Gasteiger partial charge is 0.354 e. The van der Waals surface area contributed by atoms with Gasteiger partial charge in [0.1, 0.15) is 6.20 Å². The van der Waals surface area contributed by atoms with Crippen molar-refractivity contribution in [3.8, 4) is 0 Å². The van der Waals surface area contributed by atoms with Crippen LogP contribution in [-0.4, -0.2) is 33.2 Å². The summed E-state index contributed by atoms with van der Waals surface area (Å²) >= 11 is 0. The van der Waals surface area contributed by atoms with E-state index in [-0.39, 0.29) is 30.0 Å². The van der Waals surface area contributed by atoms with E-state index in [1.165, 1.54) is 10.9 Å². The second kappa shape index (κ2) is 4.40. The molecule has 1 heterocycles. The highest BCUT2D eigenvalue weighted by Gasteiger charge is 2.24. The highest BCUT2D eigenvalue weighted by Crippen LogP contribution is 2.21. The molecule has 0 aromatic carbocycles. The van der Waals surface area contributed by atoms with Crippen LogP contribution in [0.25, 0.3) is 0 Å². The summed E-state index contributed by atoms with van der Waals surface area (Å²) in [6.07, 6.45) is 3.31. The quantitative estimate of drug-likeness (QED) is 0.557. The molecule has 0 aliphatic heterocycles. The van der Waals surface area contributed by atoms with Gasteiger partial charge in [0.25, 0.3) is 0 Å². The monoisotopic (exact) mass is 239 g/mol. The van der Waals surface area contributed by atoms with Crippen LogP contribution < -0.4 is 10.6 Å². The minimum Gasteiger partial charge on any atom is -0.354 e. The molecule has 0 atom stereocenters. The average Bonchev–Trinajstić information content (AvgIpc) is 2.97. The Bertz CT molecular complexity index is 451. The molecule has 0 unspecified atom stereocenters. The van der Waals surface area contributed by atoms with Crippen LogP contribution in [0.5, 0.6) is 0 Å². The molecule has 2 rings (SSSR count). The Morgan fingerprint density at radius 2 is 2.41 bits per heavy atom. The maximum atomic E-state index is 11.4. The highest BCUT2D eigenvalue weighted by atomic mass is 16.6. The molecule has 8 heteroatoms. The Balaban J connectivity index is 1.92. The van der Waals surface area contributed by atoms with Crippen LogP contribution >= 0.6 is 0 Å². The standard InChI is InChI=1S/C9H13N5O3/c1-13-5-7(14(16)17)9(12-13)10-4-8(15)11-6-2-3-6/h5-6H,2-4H2,1H3,(H,10,12)(H,11,15). The molecular weight excluding hydrogens is 226 g/mol. The number of rotatable bonds is 5. The van der Waals surface area contributed by atoms with Gasteiger partial charge >= 0.3 is 5.69 Å². The van der Waals surface area contributed by atoms with Crippen molar-refractivity contribution in [2.45, 2.75) is 18.9 Å². The lowest BCUT2D eigenvalue weighted by atomic mass is 10.5. The maximum Gasteiger partial charge on any atom is 0.330 e. The summed E-state index contributed by atoms with van der Waals surface area (Å²) in [5.74, 6) is -0.0594. The van der Waals surface area contributed by atoms with Gasteiger partial charge in [0, 0.05) is 13.1 Å². The van der Waals surface area contributed by atoms with E-state index in [2.05, 4.69) is 15.7 Å². The Morgan fingerprint density at radius 3 is 3.00 bits per heavy atom. The molecule has 8 nitrogen and oxygen atoms in total. The van der Waals surface area contributed by atoms with Gasteiger partial charge in [-0.25, -0.2) is 0 Å². The fourth-order valence-corrected chi connectivity index (χ4v) is 1.41. The van der Waals surface area contributed by atoms with Crippen molar-refractivity contribution < 1.29 is 9.72 Å². The summed E-state index contributed by atoms with van der Waals surface area (Å²) in [6, 6.07) is 0.281. The zero-order chi connectivity index (χ0) is 12.4. The zero-order valence-corrected chi connectivity index (χ0v) is 9.34. The van der Waals surface area contributed by atoms with Crippen molar-refractivity contribution >= 4 is 17.4 Å². The SMILES string of the molecule is Cn1cc([N+](=O)[O-])c(NCC(=O)NC2CC2)n1. The molecule has 0 bridgehead atoms. The molecule has 92 valence electrons. The van der Waals surface area contributed by atoms with Crippen LogP contribution in [0.1, 0.15) is 12.8 Å². The number of nitrogens with zero attached hydrogens (tertiary/aromatic N) is 3. The van der Waals surface area contributed by atoms with Gasteiger partial charge in [0.05, 0.1) is 11.5 Å². The second-order valence-electron chi connectivity index (χ2n) is 3.99. The summed E-state index contributed by atoms with van der Waals surface area (Å²) in [5, 5.41) is 20.0. The summed E-state index contributed by atoms with van der Waals surface area (Å²) < 4.78 is 1.33. The van der Waals surface area contributed by atoms with Gasteiger partial charge in [-0.15, -0.1) is 5.10 Å². The van der Waals surface area contributed by atoms with Crippen molar-refractivity contribution in [2.24, 2.45) is 7.05 Å². The Labute approximate surface area is 97.1 Å². The van der Waals surface area contributed by atoms with Crippen LogP contribution in [0, 0.1) is 10.1 Å². The predicted octanol–water partition coefficient (Wildman–Crippen LogP) is 0.0188. The zero-order valence-electron chi connectivity index (χ0n) is 9.34. The molecule has 1 amide bonds. The smallest absolute Gasteiger partial charge is 0.330 e. The van der Waals surface area contributed by atoms with Crippen molar-refractivity contribution in [3.05, 3.63) is 16.3 Å². The van der Waals surface area contributed by atoms with Crippen LogP contribution in [0.15, 0.2) is 6.20 Å². The molecule has 1 aromatic heterocycles. The number of hydrogen-bond donors (Lipinski definition) is 2. The van der Waals surface area contributed by atoms with E-state index in [0.29, 0.717) is 0 Å². The normalized spacial score (nSPS) is 14.4. The van der Waals surface area contributed by atoms with Crippen molar-refractivity contribution in [2.75, 3.05) is 11.9 Å². The minimum absolute atomic E-state index is 0.00560. The van der Waals surface area contributed by atoms with Crippen molar-refractivity contribution in [1.29, 1.82) is 0 Å². The number of hydrogen-bond acceptors (Lipinski definition) is 5. The van der Waals surface area contributed by atoms with Gasteiger partial charge in [-0.3, -0.25) is 19.6 Å². The molecule has 0 spiro atoms. The van der Waals surface area contributed by atoms with E-state index in [1.807, 2.05) is 0 Å². The van der Waals surface area contributed by atoms with E-state index in [0.717, 1.165) is 12.8 Å². The average molecular weight is 239 g/mol. The van der Waals surface area contributed by atoms with Gasteiger partial charge in [0.15, 0.2) is 0 Å². The number of aryl methyl sites for hydroxylation is 1. The summed E-state index contributed by atoms with van der Waals surface area (Å²) in [6.45, 7) is -0.00560. The Morgan fingerprint density at radius 1 is 1.71 bits per heavy atom. The highest BCUT2D eigenvalue weighted by molar-refractivity contribution is 5.81. The van der Waals surface area contributed by atoms with Crippen molar-refractivity contribution in [1.82, 2.24) is 15.1 Å². The first-order valence-electron chi connectivity index (χ1n) is 5.27. The van der Waals surface area contributed by atoms with Crippen LogP contribution in [0.2, 0.25) is 0 Å². The number of amides is 1. The van der Waals surface area contributed by atoms with E-state index < -0.39 is 4.92 Å². The van der Waals surface area contributed by atoms with E-state index in [4.69, 9.17) is 0 Å². The molecule has 1 aliphatic carbocycles. The number of anilines is 1. The summed E-state index contributed by atoms with van der Waals surface area (Å²) in [5.41, 5.74) is -0.133. The lowest BCUT2D eigenvalue weighted by molar-refractivity contribution is -0.384. The maximum absolute atomic E-state index is 11.4. The summed E-state index contributed by atoms with van der Waals surface area (Å²) in [7, 11) is 1.59. The number of aromatic nitrogens is 2. The van der Waals surface area contributed by atoms with Crippen molar-refractivity contribution in [3.63, 3.8) is 0 Å². The molecule has 17 heavy (non-hydrogen) atoms. The third-order valence-corrected chi connectivity index (χ3v) is 2.37. The van der Waals surface area contributed by atoms with Crippen LogP contribution in [0.4, 0.5) is 11.5 Å². The first-order chi connectivity index (χ1) is 8.06. The van der Waals surface area contributed by atoms with Gasteiger partial charge in [-0.1, -0.05) is 0 Å². The minimum atomic E-state index is -0.534. The number of nitro groups is 1. The van der Waals surface area contributed by atoms with E-state index in [9.17, 15) is 14.9 Å². The first-order valence-corrected chi connectivity index (χ1v) is 5.27. The predicted molar refractivity (Wildman–Crippen MR) is 59.5 cm³/mol. The van der Waals surface area contributed by atoms with Crippen LogP contribution in [0.3, 0.4) is 0 Å². The molecule has 0 saturated heterocycles. The lowest BCUT2D eigenvalue weighted by Gasteiger charge is -2.03. The molecular formula is C9H13N5O3. The lowest BCUT2D eigenvalue weighted by Crippen LogP contribution is -2.31.